The van der Waals surface area contributed by atoms with Crippen LogP contribution in [0.15, 0.2) is 24.4 Å². The Morgan fingerprint density at radius 2 is 1.65 bits per heavy atom. The lowest BCUT2D eigenvalue weighted by atomic mass is 9.97. The Labute approximate surface area is 144 Å². The van der Waals surface area contributed by atoms with Crippen molar-refractivity contribution in [1.29, 1.82) is 0 Å². The molecule has 1 aliphatic heterocycles. The predicted octanol–water partition coefficient (Wildman–Crippen LogP) is 5.92. The highest BCUT2D eigenvalue weighted by atomic mass is 16.6. The molecule has 0 atom stereocenters. The maximum absolute atomic E-state index is 10.1. The maximum Gasteiger partial charge on any atom is 0.242 e. The molecule has 1 rings (SSSR count). The van der Waals surface area contributed by atoms with Crippen molar-refractivity contribution < 1.29 is 4.92 Å². The van der Waals surface area contributed by atoms with E-state index in [2.05, 4.69) is 24.5 Å². The van der Waals surface area contributed by atoms with Crippen molar-refractivity contribution in [1.82, 2.24) is 4.90 Å². The number of hydrogen-bond acceptors (Lipinski definition) is 3. The molecule has 0 aromatic rings. The SMILES string of the molecule is C=CC1CCN(CC)CC1.CC.CC.CC/C=C(\CC)[N+](=O)[O-]. The second kappa shape index (κ2) is 20.8. The first-order valence-electron chi connectivity index (χ1n) is 9.27. The van der Waals surface area contributed by atoms with Gasteiger partial charge < -0.3 is 4.90 Å². The van der Waals surface area contributed by atoms with Gasteiger partial charge in [-0.3, -0.25) is 10.1 Å². The van der Waals surface area contributed by atoms with Gasteiger partial charge in [-0.1, -0.05) is 54.5 Å². The normalized spacial score (nSPS) is 15.0. The molecule has 0 aliphatic carbocycles. The number of piperidine rings is 1. The zero-order valence-corrected chi connectivity index (χ0v) is 16.6. The lowest BCUT2D eigenvalue weighted by Crippen LogP contribution is -2.32. The Morgan fingerprint density at radius 1 is 1.17 bits per heavy atom. The number of nitro groups is 1. The van der Waals surface area contributed by atoms with E-state index in [0.29, 0.717) is 12.1 Å². The van der Waals surface area contributed by atoms with Crippen LogP contribution >= 0.6 is 0 Å². The number of likely N-dealkylation sites (tertiary alicyclic amines) is 1. The molecule has 1 fully saturated rings. The van der Waals surface area contributed by atoms with Gasteiger partial charge in [0, 0.05) is 6.42 Å². The summed E-state index contributed by atoms with van der Waals surface area (Å²) < 4.78 is 0. The summed E-state index contributed by atoms with van der Waals surface area (Å²) in [6.07, 6.45) is 7.63. The maximum atomic E-state index is 10.1. The third kappa shape index (κ3) is 15.5. The number of hydrogen-bond donors (Lipinski definition) is 0. The lowest BCUT2D eigenvalue weighted by molar-refractivity contribution is -0.427. The van der Waals surface area contributed by atoms with Crippen molar-refractivity contribution in [3.63, 3.8) is 0 Å². The van der Waals surface area contributed by atoms with Crippen molar-refractivity contribution in [2.45, 2.75) is 74.1 Å². The first-order chi connectivity index (χ1) is 11.1. The van der Waals surface area contributed by atoms with Crippen LogP contribution in [0.5, 0.6) is 0 Å². The van der Waals surface area contributed by atoms with Crippen LogP contribution < -0.4 is 0 Å². The molecular formula is C19H40N2O2. The van der Waals surface area contributed by atoms with Gasteiger partial charge in [-0.2, -0.15) is 0 Å². The summed E-state index contributed by atoms with van der Waals surface area (Å²) in [5.74, 6) is 0.794. The minimum absolute atomic E-state index is 0.317. The number of rotatable bonds is 5. The topological polar surface area (TPSA) is 46.4 Å². The highest BCUT2D eigenvalue weighted by Gasteiger charge is 2.14. The minimum Gasteiger partial charge on any atom is -0.304 e. The summed E-state index contributed by atoms with van der Waals surface area (Å²) in [4.78, 5) is 12.2. The quantitative estimate of drug-likeness (QED) is 0.357. The Hall–Kier alpha value is -1.16. The van der Waals surface area contributed by atoms with Gasteiger partial charge in [-0.05, 0) is 50.9 Å². The molecule has 23 heavy (non-hydrogen) atoms. The van der Waals surface area contributed by atoms with E-state index in [1.807, 2.05) is 34.6 Å². The minimum atomic E-state index is -0.330. The standard InChI is InChI=1S/C9H17N.C6H11NO2.2C2H6/c1-3-9-5-7-10(4-2)8-6-9;1-3-5-6(4-2)7(8)9;2*1-2/h3,9H,1,4-8H2,2H3;5H,3-4H2,1-2H3;2*1-2H3/b;6-5+;;. The fourth-order valence-electron chi connectivity index (χ4n) is 2.09. The van der Waals surface area contributed by atoms with Crippen LogP contribution in [0.2, 0.25) is 0 Å². The Morgan fingerprint density at radius 3 is 1.87 bits per heavy atom. The van der Waals surface area contributed by atoms with Gasteiger partial charge in [0.05, 0.1) is 4.92 Å². The van der Waals surface area contributed by atoms with Gasteiger partial charge in [0.2, 0.25) is 5.70 Å². The Kier molecular flexibility index (Phi) is 24.2. The average molecular weight is 329 g/mol. The van der Waals surface area contributed by atoms with E-state index < -0.39 is 0 Å². The molecule has 0 saturated carbocycles. The van der Waals surface area contributed by atoms with E-state index in [-0.39, 0.29) is 4.92 Å². The second-order valence-corrected chi connectivity index (χ2v) is 4.72. The predicted molar refractivity (Wildman–Crippen MR) is 103 cm³/mol. The number of nitrogens with zero attached hydrogens (tertiary/aromatic N) is 2. The van der Waals surface area contributed by atoms with Gasteiger partial charge in [0.1, 0.15) is 0 Å². The van der Waals surface area contributed by atoms with Crippen LogP contribution in [0.3, 0.4) is 0 Å². The molecule has 1 heterocycles. The fraction of sp³-hybridized carbons (Fsp3) is 0.789. The molecule has 0 amide bonds. The zero-order chi connectivity index (χ0) is 18.7. The second-order valence-electron chi connectivity index (χ2n) is 4.72. The zero-order valence-electron chi connectivity index (χ0n) is 16.6. The molecule has 1 saturated heterocycles. The van der Waals surface area contributed by atoms with E-state index >= 15 is 0 Å². The van der Waals surface area contributed by atoms with E-state index in [1.54, 1.807) is 13.0 Å². The van der Waals surface area contributed by atoms with Crippen LogP contribution in [0.25, 0.3) is 0 Å². The lowest BCUT2D eigenvalue weighted by Gasteiger charge is -2.29. The molecule has 138 valence electrons. The summed E-state index contributed by atoms with van der Waals surface area (Å²) in [5, 5.41) is 10.1. The highest BCUT2D eigenvalue weighted by Crippen LogP contribution is 2.16. The van der Waals surface area contributed by atoms with Crippen LogP contribution in [-0.2, 0) is 0 Å². The molecule has 0 aromatic carbocycles. The van der Waals surface area contributed by atoms with Gasteiger partial charge in [-0.15, -0.1) is 6.58 Å². The average Bonchev–Trinajstić information content (AvgIpc) is 2.63. The Balaban J connectivity index is -0.000000287. The molecule has 1 aliphatic rings. The highest BCUT2D eigenvalue weighted by molar-refractivity contribution is 4.89. The summed E-state index contributed by atoms with van der Waals surface area (Å²) in [7, 11) is 0. The fourth-order valence-corrected chi connectivity index (χ4v) is 2.09. The monoisotopic (exact) mass is 328 g/mol. The van der Waals surface area contributed by atoms with E-state index in [4.69, 9.17) is 0 Å². The van der Waals surface area contributed by atoms with Crippen LogP contribution in [0, 0.1) is 16.0 Å². The third-order valence-electron chi connectivity index (χ3n) is 3.45. The molecule has 0 bridgehead atoms. The van der Waals surface area contributed by atoms with Crippen molar-refractivity contribution in [3.05, 3.63) is 34.5 Å². The summed E-state index contributed by atoms with van der Waals surface area (Å²) >= 11 is 0. The molecule has 0 aromatic heterocycles. The molecule has 4 nitrogen and oxygen atoms in total. The van der Waals surface area contributed by atoms with E-state index in [9.17, 15) is 10.1 Å². The van der Waals surface area contributed by atoms with Gasteiger partial charge in [-0.25, -0.2) is 0 Å². The largest absolute Gasteiger partial charge is 0.304 e. The van der Waals surface area contributed by atoms with Crippen molar-refractivity contribution in [2.24, 2.45) is 5.92 Å². The van der Waals surface area contributed by atoms with Crippen LogP contribution in [0.1, 0.15) is 74.1 Å². The van der Waals surface area contributed by atoms with Gasteiger partial charge >= 0.3 is 0 Å². The summed E-state index contributed by atoms with van der Waals surface area (Å²) in [6, 6.07) is 0. The molecule has 0 spiro atoms. The van der Waals surface area contributed by atoms with Crippen LogP contribution in [-0.4, -0.2) is 29.5 Å². The van der Waals surface area contributed by atoms with E-state index in [1.165, 1.54) is 32.5 Å². The van der Waals surface area contributed by atoms with Crippen molar-refractivity contribution in [2.75, 3.05) is 19.6 Å². The van der Waals surface area contributed by atoms with Gasteiger partial charge in [0.25, 0.3) is 0 Å². The van der Waals surface area contributed by atoms with Crippen molar-refractivity contribution >= 4 is 0 Å². The molecule has 0 N–H and O–H groups in total. The van der Waals surface area contributed by atoms with Crippen molar-refractivity contribution in [3.8, 4) is 0 Å². The first kappa shape index (κ1) is 26.7. The molecule has 4 heteroatoms. The molecule has 0 unspecified atom stereocenters. The van der Waals surface area contributed by atoms with Crippen LogP contribution in [0.4, 0.5) is 0 Å². The molecular weight excluding hydrogens is 288 g/mol. The molecule has 0 radical (unpaired) electrons. The number of allylic oxidation sites excluding steroid dienone is 3. The third-order valence-corrected chi connectivity index (χ3v) is 3.45. The summed E-state index contributed by atoms with van der Waals surface area (Å²) in [5.41, 5.74) is 0.317. The summed E-state index contributed by atoms with van der Waals surface area (Å²) in [6.45, 7) is 21.5. The van der Waals surface area contributed by atoms with E-state index in [0.717, 1.165) is 12.3 Å². The first-order valence-corrected chi connectivity index (χ1v) is 9.27. The smallest absolute Gasteiger partial charge is 0.242 e. The Bertz CT molecular complexity index is 294. The van der Waals surface area contributed by atoms with Gasteiger partial charge in [0.15, 0.2) is 0 Å².